The summed E-state index contributed by atoms with van der Waals surface area (Å²) in [5.74, 6) is 0.662. The van der Waals surface area contributed by atoms with Gasteiger partial charge in [0.25, 0.3) is 0 Å². The number of hydrogen-bond donors (Lipinski definition) is 2. The molecule has 0 fully saturated rings. The zero-order valence-corrected chi connectivity index (χ0v) is 8.86. The number of hydrogen-bond acceptors (Lipinski definition) is 3. The van der Waals surface area contributed by atoms with E-state index < -0.39 is 0 Å². The predicted molar refractivity (Wildman–Crippen MR) is 56.5 cm³/mol. The zero-order chi connectivity index (χ0) is 9.94. The van der Waals surface area contributed by atoms with Gasteiger partial charge in [-0.2, -0.15) is 0 Å². The fourth-order valence-corrected chi connectivity index (χ4v) is 1.08. The number of rotatable bonds is 9. The first kappa shape index (κ1) is 12.3. The molecular weight excluding hydrogens is 164 g/mol. The van der Waals surface area contributed by atoms with Gasteiger partial charge >= 0.3 is 0 Å². The monoisotopic (exact) mass is 186 g/mol. The summed E-state index contributed by atoms with van der Waals surface area (Å²) in [7, 11) is 3.62. The van der Waals surface area contributed by atoms with Crippen molar-refractivity contribution in [2.75, 3.05) is 27.2 Å². The molecule has 0 saturated heterocycles. The molecule has 13 heavy (non-hydrogen) atoms. The van der Waals surface area contributed by atoms with Gasteiger partial charge in [-0.15, -0.1) is 0 Å². The van der Waals surface area contributed by atoms with Gasteiger partial charge in [-0.05, 0) is 33.0 Å². The van der Waals surface area contributed by atoms with Crippen LogP contribution in [0.2, 0.25) is 0 Å². The van der Waals surface area contributed by atoms with Crippen LogP contribution in [-0.2, 0) is 4.74 Å². The maximum Gasteiger partial charge on any atom is 0.178 e. The molecule has 0 unspecified atom stereocenters. The summed E-state index contributed by atoms with van der Waals surface area (Å²) in [4.78, 5) is 0. The third-order valence-electron chi connectivity index (χ3n) is 1.92. The van der Waals surface area contributed by atoms with Gasteiger partial charge in [-0.25, -0.2) is 0 Å². The molecule has 3 heteroatoms. The lowest BCUT2D eigenvalue weighted by Gasteiger charge is -2.07. The lowest BCUT2D eigenvalue weighted by atomic mass is 10.2. The van der Waals surface area contributed by atoms with Crippen LogP contribution in [0.4, 0.5) is 0 Å². The molecule has 0 saturated carbocycles. The molecule has 0 atom stereocenters. The summed E-state index contributed by atoms with van der Waals surface area (Å²) in [6.45, 7) is 5.76. The van der Waals surface area contributed by atoms with Crippen molar-refractivity contribution in [1.82, 2.24) is 10.6 Å². The molecule has 78 valence electrons. The highest BCUT2D eigenvalue weighted by molar-refractivity contribution is 4.76. The first-order chi connectivity index (χ1) is 6.31. The Morgan fingerprint density at radius 1 is 1.15 bits per heavy atom. The third-order valence-corrected chi connectivity index (χ3v) is 1.92. The van der Waals surface area contributed by atoms with Crippen molar-refractivity contribution < 1.29 is 4.74 Å². The van der Waals surface area contributed by atoms with Gasteiger partial charge in [0.1, 0.15) is 0 Å². The van der Waals surface area contributed by atoms with Crippen LogP contribution < -0.4 is 10.6 Å². The van der Waals surface area contributed by atoms with Crippen LogP contribution in [0, 0.1) is 0 Å². The fraction of sp³-hybridized carbons (Fsp3) is 0.800. The van der Waals surface area contributed by atoms with E-state index in [1.807, 2.05) is 7.05 Å². The molecule has 3 nitrogen and oxygen atoms in total. The molecule has 0 rings (SSSR count). The number of unbranched alkanes of at least 4 members (excludes halogenated alkanes) is 3. The zero-order valence-electron chi connectivity index (χ0n) is 8.86. The second kappa shape index (κ2) is 9.39. The van der Waals surface area contributed by atoms with Gasteiger partial charge in [-0.3, -0.25) is 0 Å². The number of methoxy groups -OCH3 is 1. The Balaban J connectivity index is 2.95. The fourth-order valence-electron chi connectivity index (χ4n) is 1.08. The largest absolute Gasteiger partial charge is 0.483 e. The summed E-state index contributed by atoms with van der Waals surface area (Å²) in [5, 5.41) is 6.23. The second-order valence-electron chi connectivity index (χ2n) is 3.07. The van der Waals surface area contributed by atoms with E-state index in [4.69, 9.17) is 4.74 Å². The van der Waals surface area contributed by atoms with Crippen LogP contribution in [0.1, 0.15) is 25.7 Å². The quantitative estimate of drug-likeness (QED) is 0.422. The predicted octanol–water partition coefficient (Wildman–Crippen LogP) is 1.47. The maximum absolute atomic E-state index is 4.88. The molecule has 0 amide bonds. The maximum atomic E-state index is 4.88. The lowest BCUT2D eigenvalue weighted by molar-refractivity contribution is 0.263. The Morgan fingerprint density at radius 3 is 2.31 bits per heavy atom. The molecule has 2 N–H and O–H groups in total. The van der Waals surface area contributed by atoms with Crippen LogP contribution >= 0.6 is 0 Å². The molecule has 0 radical (unpaired) electrons. The van der Waals surface area contributed by atoms with E-state index in [9.17, 15) is 0 Å². The van der Waals surface area contributed by atoms with Crippen molar-refractivity contribution in [3.8, 4) is 0 Å². The van der Waals surface area contributed by atoms with E-state index in [1.54, 1.807) is 7.11 Å². The SMILES string of the molecule is C=C(NCCCCCCNC)OC. The topological polar surface area (TPSA) is 33.3 Å². The molecule has 0 heterocycles. The van der Waals surface area contributed by atoms with Crippen molar-refractivity contribution >= 4 is 0 Å². The Kier molecular flexibility index (Phi) is 8.88. The molecule has 0 aromatic heterocycles. The van der Waals surface area contributed by atoms with Crippen molar-refractivity contribution in [1.29, 1.82) is 0 Å². The highest BCUT2D eigenvalue weighted by atomic mass is 16.5. The molecule has 0 aromatic rings. The summed E-state index contributed by atoms with van der Waals surface area (Å²) in [6, 6.07) is 0. The molecule has 0 aliphatic heterocycles. The van der Waals surface area contributed by atoms with Crippen molar-refractivity contribution in [2.24, 2.45) is 0 Å². The number of nitrogens with one attached hydrogen (secondary N) is 2. The van der Waals surface area contributed by atoms with Crippen molar-refractivity contribution in [2.45, 2.75) is 25.7 Å². The minimum atomic E-state index is 0.662. The second-order valence-corrected chi connectivity index (χ2v) is 3.07. The van der Waals surface area contributed by atoms with Crippen LogP contribution in [-0.4, -0.2) is 27.2 Å². The van der Waals surface area contributed by atoms with E-state index in [-0.39, 0.29) is 0 Å². The minimum Gasteiger partial charge on any atom is -0.483 e. The van der Waals surface area contributed by atoms with Crippen LogP contribution in [0.15, 0.2) is 12.5 Å². The van der Waals surface area contributed by atoms with Gasteiger partial charge in [0, 0.05) is 6.54 Å². The van der Waals surface area contributed by atoms with Gasteiger partial charge in [0.05, 0.1) is 7.11 Å². The highest BCUT2D eigenvalue weighted by Gasteiger charge is 1.91. The average Bonchev–Trinajstić information content (AvgIpc) is 2.16. The Labute approximate surface area is 81.5 Å². The molecule has 0 bridgehead atoms. The van der Waals surface area contributed by atoms with Crippen molar-refractivity contribution in [3.63, 3.8) is 0 Å². The molecular formula is C10H22N2O. The first-order valence-electron chi connectivity index (χ1n) is 4.92. The van der Waals surface area contributed by atoms with Gasteiger partial charge in [0.2, 0.25) is 0 Å². The first-order valence-corrected chi connectivity index (χ1v) is 4.92. The van der Waals surface area contributed by atoms with Crippen LogP contribution in [0.5, 0.6) is 0 Å². The molecule has 0 aliphatic rings. The van der Waals surface area contributed by atoms with E-state index in [2.05, 4.69) is 17.2 Å². The Bertz CT molecular complexity index is 126. The van der Waals surface area contributed by atoms with E-state index in [0.717, 1.165) is 13.1 Å². The number of ether oxygens (including phenoxy) is 1. The van der Waals surface area contributed by atoms with Gasteiger partial charge < -0.3 is 15.4 Å². The van der Waals surface area contributed by atoms with Crippen molar-refractivity contribution in [3.05, 3.63) is 12.5 Å². The van der Waals surface area contributed by atoms with Gasteiger partial charge in [0.15, 0.2) is 5.88 Å². The summed E-state index contributed by atoms with van der Waals surface area (Å²) in [6.07, 6.45) is 5.02. The lowest BCUT2D eigenvalue weighted by Crippen LogP contribution is -2.15. The summed E-state index contributed by atoms with van der Waals surface area (Å²) < 4.78 is 4.88. The molecule has 0 aromatic carbocycles. The van der Waals surface area contributed by atoms with Crippen LogP contribution in [0.3, 0.4) is 0 Å². The minimum absolute atomic E-state index is 0.662. The normalized spacial score (nSPS) is 9.69. The smallest absolute Gasteiger partial charge is 0.178 e. The Morgan fingerprint density at radius 2 is 1.77 bits per heavy atom. The third kappa shape index (κ3) is 9.21. The Hall–Kier alpha value is -0.700. The molecule has 0 aliphatic carbocycles. The van der Waals surface area contributed by atoms with Crippen LogP contribution in [0.25, 0.3) is 0 Å². The summed E-state index contributed by atoms with van der Waals surface area (Å²) in [5.41, 5.74) is 0. The van der Waals surface area contributed by atoms with E-state index >= 15 is 0 Å². The van der Waals surface area contributed by atoms with E-state index in [1.165, 1.54) is 25.7 Å². The summed E-state index contributed by atoms with van der Waals surface area (Å²) >= 11 is 0. The average molecular weight is 186 g/mol. The van der Waals surface area contributed by atoms with E-state index in [0.29, 0.717) is 5.88 Å². The molecule has 0 spiro atoms. The van der Waals surface area contributed by atoms with Gasteiger partial charge in [-0.1, -0.05) is 12.8 Å². The highest BCUT2D eigenvalue weighted by Crippen LogP contribution is 1.98. The standard InChI is InChI=1S/C10H22N2O/c1-10(13-3)12-9-7-5-4-6-8-11-2/h11-12H,1,4-9H2,2-3H3.